The third kappa shape index (κ3) is 3.77. The molecule has 0 aliphatic heterocycles. The summed E-state index contributed by atoms with van der Waals surface area (Å²) in [5.74, 6) is -0.751. The zero-order valence-electron chi connectivity index (χ0n) is 13.8. The first kappa shape index (κ1) is 16.5. The number of carbonyl (C=O) groups is 1. The van der Waals surface area contributed by atoms with Gasteiger partial charge in [-0.05, 0) is 32.0 Å². The van der Waals surface area contributed by atoms with E-state index in [0.717, 1.165) is 22.9 Å². The van der Waals surface area contributed by atoms with Gasteiger partial charge in [-0.2, -0.15) is 0 Å². The van der Waals surface area contributed by atoms with Gasteiger partial charge in [0, 0.05) is 23.5 Å². The Morgan fingerprint density at radius 1 is 1.16 bits per heavy atom. The molecule has 0 saturated carbocycles. The topological polar surface area (TPSA) is 86.7 Å². The third-order valence-electron chi connectivity index (χ3n) is 3.53. The summed E-state index contributed by atoms with van der Waals surface area (Å²) in [7, 11) is 0. The average molecular weight is 337 g/mol. The monoisotopic (exact) mass is 337 g/mol. The highest BCUT2D eigenvalue weighted by atomic mass is 19.1. The summed E-state index contributed by atoms with van der Waals surface area (Å²) < 4.78 is 14.7. The first-order valence-electron chi connectivity index (χ1n) is 7.55. The van der Waals surface area contributed by atoms with Crippen LogP contribution in [-0.4, -0.2) is 25.7 Å². The van der Waals surface area contributed by atoms with E-state index in [1.54, 1.807) is 0 Å². The zero-order valence-corrected chi connectivity index (χ0v) is 13.8. The minimum absolute atomic E-state index is 0.0869. The maximum Gasteiger partial charge on any atom is 0.250 e. The molecule has 2 heterocycles. The highest BCUT2D eigenvalue weighted by Crippen LogP contribution is 2.19. The van der Waals surface area contributed by atoms with Gasteiger partial charge in [0.15, 0.2) is 5.82 Å². The Hall–Kier alpha value is -3.35. The molecule has 3 rings (SSSR count). The van der Waals surface area contributed by atoms with Crippen molar-refractivity contribution in [2.45, 2.75) is 13.8 Å². The van der Waals surface area contributed by atoms with Crippen LogP contribution < -0.4 is 5.73 Å². The highest BCUT2D eigenvalue weighted by molar-refractivity contribution is 6.22. The molecule has 7 heteroatoms. The summed E-state index contributed by atoms with van der Waals surface area (Å²) in [6.45, 7) is 3.99. The van der Waals surface area contributed by atoms with Gasteiger partial charge in [0.1, 0.15) is 12.1 Å². The number of halogens is 1. The molecule has 126 valence electrons. The Kier molecular flexibility index (Phi) is 4.38. The molecule has 0 bridgehead atoms. The predicted molar refractivity (Wildman–Crippen MR) is 92.5 cm³/mol. The fraction of sp³-hybridized carbons (Fsp3) is 0.111. The van der Waals surface area contributed by atoms with Crippen LogP contribution in [0.5, 0.6) is 0 Å². The van der Waals surface area contributed by atoms with E-state index >= 15 is 0 Å². The SMILES string of the molecule is Cc1cc(C)cc(-c2ncn(/C=C(/C(N)=O)c3cncc(F)c3)n2)c1. The van der Waals surface area contributed by atoms with Crippen LogP contribution in [0, 0.1) is 19.7 Å². The van der Waals surface area contributed by atoms with Crippen molar-refractivity contribution in [3.8, 4) is 11.4 Å². The van der Waals surface area contributed by atoms with E-state index < -0.39 is 11.7 Å². The van der Waals surface area contributed by atoms with Gasteiger partial charge >= 0.3 is 0 Å². The standard InChI is InChI=1S/C18H16FN5O/c1-11-3-12(2)5-13(4-11)18-22-10-24(23-18)9-16(17(20)25)14-6-15(19)8-21-7-14/h3-10H,1-2H3,(H2,20,25)/b16-9+. The number of rotatable bonds is 4. The summed E-state index contributed by atoms with van der Waals surface area (Å²) in [5, 5.41) is 4.34. The lowest BCUT2D eigenvalue weighted by molar-refractivity contribution is -0.112. The second-order valence-electron chi connectivity index (χ2n) is 5.72. The Balaban J connectivity index is 2.00. The van der Waals surface area contributed by atoms with Crippen molar-refractivity contribution >= 4 is 17.7 Å². The molecule has 0 unspecified atom stereocenters. The number of aryl methyl sites for hydroxylation is 2. The summed E-state index contributed by atoms with van der Waals surface area (Å²) in [6.07, 6.45) is 5.28. The quantitative estimate of drug-likeness (QED) is 0.741. The van der Waals surface area contributed by atoms with Crippen molar-refractivity contribution in [1.82, 2.24) is 19.7 Å². The van der Waals surface area contributed by atoms with E-state index in [4.69, 9.17) is 5.73 Å². The number of nitrogens with zero attached hydrogens (tertiary/aromatic N) is 4. The Bertz CT molecular complexity index is 957. The van der Waals surface area contributed by atoms with Crippen LogP contribution in [0.1, 0.15) is 16.7 Å². The predicted octanol–water partition coefficient (Wildman–Crippen LogP) is 2.58. The molecule has 25 heavy (non-hydrogen) atoms. The molecule has 0 aliphatic rings. The third-order valence-corrected chi connectivity index (χ3v) is 3.53. The minimum atomic E-state index is -0.712. The number of hydrogen-bond donors (Lipinski definition) is 1. The summed E-state index contributed by atoms with van der Waals surface area (Å²) in [6, 6.07) is 7.19. The van der Waals surface area contributed by atoms with E-state index in [9.17, 15) is 9.18 Å². The van der Waals surface area contributed by atoms with Crippen LogP contribution in [0.25, 0.3) is 23.2 Å². The molecule has 0 spiro atoms. The minimum Gasteiger partial charge on any atom is -0.366 e. The lowest BCUT2D eigenvalue weighted by Gasteiger charge is -2.03. The van der Waals surface area contributed by atoms with Gasteiger partial charge in [-0.1, -0.05) is 17.2 Å². The largest absolute Gasteiger partial charge is 0.366 e. The van der Waals surface area contributed by atoms with Crippen molar-refractivity contribution in [2.24, 2.45) is 5.73 Å². The van der Waals surface area contributed by atoms with Crippen molar-refractivity contribution in [3.05, 3.63) is 65.5 Å². The molecule has 2 aromatic heterocycles. The number of nitrogens with two attached hydrogens (primary N) is 1. The number of amides is 1. The molecule has 1 amide bonds. The van der Waals surface area contributed by atoms with Crippen molar-refractivity contribution in [2.75, 3.05) is 0 Å². The lowest BCUT2D eigenvalue weighted by Crippen LogP contribution is -2.14. The number of benzene rings is 1. The molecular weight excluding hydrogens is 321 g/mol. The maximum atomic E-state index is 13.4. The van der Waals surface area contributed by atoms with Gasteiger partial charge in [-0.25, -0.2) is 14.1 Å². The molecule has 0 radical (unpaired) electrons. The number of primary amides is 1. The fourth-order valence-electron chi connectivity index (χ4n) is 2.54. The first-order valence-corrected chi connectivity index (χ1v) is 7.55. The van der Waals surface area contributed by atoms with Gasteiger partial charge in [0.2, 0.25) is 0 Å². The van der Waals surface area contributed by atoms with Crippen molar-refractivity contribution in [3.63, 3.8) is 0 Å². The molecular formula is C18H16FN5O. The van der Waals surface area contributed by atoms with E-state index in [0.29, 0.717) is 5.82 Å². The van der Waals surface area contributed by atoms with Gasteiger partial charge in [0.05, 0.1) is 11.8 Å². The van der Waals surface area contributed by atoms with Gasteiger partial charge in [-0.3, -0.25) is 9.78 Å². The molecule has 3 aromatic rings. The van der Waals surface area contributed by atoms with Crippen LogP contribution in [0.3, 0.4) is 0 Å². The molecule has 6 nitrogen and oxygen atoms in total. The van der Waals surface area contributed by atoms with E-state index in [2.05, 4.69) is 21.1 Å². The van der Waals surface area contributed by atoms with E-state index in [1.165, 1.54) is 29.5 Å². The smallest absolute Gasteiger partial charge is 0.250 e. The van der Waals surface area contributed by atoms with Crippen LogP contribution in [0.4, 0.5) is 4.39 Å². The second-order valence-corrected chi connectivity index (χ2v) is 5.72. The Morgan fingerprint density at radius 3 is 2.52 bits per heavy atom. The summed E-state index contributed by atoms with van der Waals surface area (Å²) >= 11 is 0. The number of hydrogen-bond acceptors (Lipinski definition) is 4. The molecule has 1 aromatic carbocycles. The molecule has 0 atom stereocenters. The fourth-order valence-corrected chi connectivity index (χ4v) is 2.54. The number of pyridine rings is 1. The van der Waals surface area contributed by atoms with Gasteiger partial charge in [0.25, 0.3) is 5.91 Å². The second kappa shape index (κ2) is 6.64. The average Bonchev–Trinajstić information content (AvgIpc) is 3.00. The van der Waals surface area contributed by atoms with Crippen molar-refractivity contribution in [1.29, 1.82) is 0 Å². The molecule has 0 fully saturated rings. The van der Waals surface area contributed by atoms with Crippen LogP contribution in [-0.2, 0) is 4.79 Å². The van der Waals surface area contributed by atoms with E-state index in [1.807, 2.05) is 26.0 Å². The maximum absolute atomic E-state index is 13.4. The van der Waals surface area contributed by atoms with Crippen LogP contribution >= 0.6 is 0 Å². The number of carbonyl (C=O) groups excluding carboxylic acids is 1. The lowest BCUT2D eigenvalue weighted by atomic mass is 10.1. The first-order chi connectivity index (χ1) is 11.9. The highest BCUT2D eigenvalue weighted by Gasteiger charge is 2.12. The Labute approximate surface area is 143 Å². The van der Waals surface area contributed by atoms with Gasteiger partial charge < -0.3 is 5.73 Å². The number of aromatic nitrogens is 4. The van der Waals surface area contributed by atoms with Gasteiger partial charge in [-0.15, -0.1) is 5.10 Å². The normalized spacial score (nSPS) is 11.6. The summed E-state index contributed by atoms with van der Waals surface area (Å²) in [4.78, 5) is 19.7. The van der Waals surface area contributed by atoms with Crippen molar-refractivity contribution < 1.29 is 9.18 Å². The molecule has 0 aliphatic carbocycles. The summed E-state index contributed by atoms with van der Waals surface area (Å²) in [5.41, 5.74) is 8.84. The van der Waals surface area contributed by atoms with E-state index in [-0.39, 0.29) is 11.1 Å². The zero-order chi connectivity index (χ0) is 18.0. The van der Waals surface area contributed by atoms with Crippen LogP contribution in [0.2, 0.25) is 0 Å². The Morgan fingerprint density at radius 2 is 1.88 bits per heavy atom. The van der Waals surface area contributed by atoms with Crippen LogP contribution in [0.15, 0.2) is 43.0 Å². The molecule has 2 N–H and O–H groups in total. The molecule has 0 saturated heterocycles.